The second-order valence-corrected chi connectivity index (χ2v) is 8.22. The summed E-state index contributed by atoms with van der Waals surface area (Å²) < 4.78 is 10.9. The summed E-state index contributed by atoms with van der Waals surface area (Å²) in [5, 5.41) is 34.3. The lowest BCUT2D eigenvalue weighted by Gasteiger charge is -2.29. The number of hydrogen-bond donors (Lipinski definition) is 3. The molecule has 0 aliphatic carbocycles. The predicted octanol–water partition coefficient (Wildman–Crippen LogP) is 4.39. The molecular formula is C24H26N2O6. The fourth-order valence-electron chi connectivity index (χ4n) is 4.05. The van der Waals surface area contributed by atoms with E-state index in [2.05, 4.69) is 10.1 Å². The molecular weight excluding hydrogens is 412 g/mol. The molecule has 0 atom stereocenters. The maximum atomic E-state index is 11.9. The van der Waals surface area contributed by atoms with Crippen LogP contribution in [0.5, 0.6) is 11.5 Å². The molecule has 0 saturated carbocycles. The summed E-state index contributed by atoms with van der Waals surface area (Å²) in [6, 6.07) is 8.64. The van der Waals surface area contributed by atoms with E-state index in [9.17, 15) is 20.1 Å². The number of morpholine rings is 1. The van der Waals surface area contributed by atoms with E-state index in [4.69, 9.17) is 9.26 Å². The van der Waals surface area contributed by atoms with Crippen molar-refractivity contribution in [3.05, 3.63) is 47.2 Å². The number of aromatic hydroxyl groups is 2. The van der Waals surface area contributed by atoms with Crippen LogP contribution >= 0.6 is 0 Å². The van der Waals surface area contributed by atoms with Crippen LogP contribution in [0.4, 0.5) is 5.69 Å². The van der Waals surface area contributed by atoms with Gasteiger partial charge in [0.15, 0.2) is 11.5 Å². The van der Waals surface area contributed by atoms with Crippen molar-refractivity contribution in [3.8, 4) is 33.9 Å². The molecule has 1 fully saturated rings. The summed E-state index contributed by atoms with van der Waals surface area (Å²) in [6.07, 6.45) is 0. The first-order valence-electron chi connectivity index (χ1n) is 10.5. The van der Waals surface area contributed by atoms with Gasteiger partial charge in [0, 0.05) is 24.8 Å². The van der Waals surface area contributed by atoms with Crippen LogP contribution in [-0.2, 0) is 4.74 Å². The van der Waals surface area contributed by atoms with Crippen LogP contribution in [-0.4, -0.2) is 52.7 Å². The number of benzene rings is 2. The minimum absolute atomic E-state index is 0.0193. The molecule has 0 bridgehead atoms. The van der Waals surface area contributed by atoms with Gasteiger partial charge in [0.1, 0.15) is 11.5 Å². The highest BCUT2D eigenvalue weighted by Gasteiger charge is 2.28. The fraction of sp³-hybridized carbons (Fsp3) is 0.333. The number of phenolic OH excluding ortho intramolecular Hbond substituents is 2. The third-order valence-corrected chi connectivity index (χ3v) is 5.76. The van der Waals surface area contributed by atoms with Crippen LogP contribution in [0.3, 0.4) is 0 Å². The number of carbonyl (C=O) groups is 1. The molecule has 0 spiro atoms. The van der Waals surface area contributed by atoms with Gasteiger partial charge in [0.2, 0.25) is 0 Å². The Kier molecular flexibility index (Phi) is 5.80. The van der Waals surface area contributed by atoms with Gasteiger partial charge in [-0.15, -0.1) is 0 Å². The van der Waals surface area contributed by atoms with E-state index in [1.54, 1.807) is 6.07 Å². The summed E-state index contributed by atoms with van der Waals surface area (Å²) in [7, 11) is 0. The number of carboxylic acid groups (broad SMARTS) is 1. The van der Waals surface area contributed by atoms with E-state index >= 15 is 0 Å². The highest BCUT2D eigenvalue weighted by Crippen LogP contribution is 2.44. The maximum Gasteiger partial charge on any atom is 0.358 e. The van der Waals surface area contributed by atoms with E-state index in [-0.39, 0.29) is 34.4 Å². The van der Waals surface area contributed by atoms with Gasteiger partial charge < -0.3 is 29.5 Å². The van der Waals surface area contributed by atoms with Gasteiger partial charge in [-0.25, -0.2) is 4.79 Å². The van der Waals surface area contributed by atoms with Crippen molar-refractivity contribution in [2.45, 2.75) is 26.7 Å². The van der Waals surface area contributed by atoms with Crippen LogP contribution < -0.4 is 4.90 Å². The van der Waals surface area contributed by atoms with Gasteiger partial charge in [0.25, 0.3) is 0 Å². The van der Waals surface area contributed by atoms with Crippen LogP contribution in [0, 0.1) is 6.92 Å². The summed E-state index contributed by atoms with van der Waals surface area (Å²) in [5.74, 6) is -1.36. The van der Waals surface area contributed by atoms with Crippen molar-refractivity contribution in [1.82, 2.24) is 5.16 Å². The van der Waals surface area contributed by atoms with Crippen molar-refractivity contribution < 1.29 is 29.4 Å². The van der Waals surface area contributed by atoms with Crippen molar-refractivity contribution in [2.75, 3.05) is 31.2 Å². The zero-order valence-corrected chi connectivity index (χ0v) is 18.3. The summed E-state index contributed by atoms with van der Waals surface area (Å²) in [5.41, 5.74) is 3.46. The van der Waals surface area contributed by atoms with Crippen LogP contribution in [0.2, 0.25) is 0 Å². The van der Waals surface area contributed by atoms with Crippen molar-refractivity contribution >= 4 is 11.7 Å². The average molecular weight is 438 g/mol. The van der Waals surface area contributed by atoms with E-state index in [1.165, 1.54) is 6.07 Å². The largest absolute Gasteiger partial charge is 0.508 e. The number of phenols is 2. The summed E-state index contributed by atoms with van der Waals surface area (Å²) in [6.45, 7) is 8.63. The van der Waals surface area contributed by atoms with Crippen molar-refractivity contribution in [3.63, 3.8) is 0 Å². The molecule has 0 radical (unpaired) electrons. The molecule has 1 aliphatic rings. The topological polar surface area (TPSA) is 116 Å². The number of aromatic carboxylic acids is 1. The molecule has 8 nitrogen and oxygen atoms in total. The van der Waals surface area contributed by atoms with Gasteiger partial charge in [-0.1, -0.05) is 25.1 Å². The Hall–Kier alpha value is -3.52. The summed E-state index contributed by atoms with van der Waals surface area (Å²) >= 11 is 0. The van der Waals surface area contributed by atoms with Crippen LogP contribution in [0.25, 0.3) is 22.5 Å². The number of rotatable bonds is 5. The highest BCUT2D eigenvalue weighted by atomic mass is 16.5. The molecule has 1 saturated heterocycles. The first kappa shape index (κ1) is 21.7. The Morgan fingerprint density at radius 3 is 2.41 bits per heavy atom. The Morgan fingerprint density at radius 1 is 1.06 bits per heavy atom. The van der Waals surface area contributed by atoms with Gasteiger partial charge in [-0.2, -0.15) is 0 Å². The van der Waals surface area contributed by atoms with E-state index in [0.29, 0.717) is 29.9 Å². The zero-order valence-electron chi connectivity index (χ0n) is 18.3. The lowest BCUT2D eigenvalue weighted by Crippen LogP contribution is -2.36. The lowest BCUT2D eigenvalue weighted by molar-refractivity contribution is 0.0686. The Balaban J connectivity index is 1.87. The number of nitrogens with zero attached hydrogens (tertiary/aromatic N) is 2. The molecule has 168 valence electrons. The quantitative estimate of drug-likeness (QED) is 0.537. The Bertz CT molecular complexity index is 1160. The average Bonchev–Trinajstić information content (AvgIpc) is 3.19. The highest BCUT2D eigenvalue weighted by molar-refractivity contribution is 5.99. The second-order valence-electron chi connectivity index (χ2n) is 8.22. The Morgan fingerprint density at radius 2 is 1.78 bits per heavy atom. The molecule has 4 rings (SSSR count). The molecule has 8 heteroatoms. The number of aryl methyl sites for hydroxylation is 1. The summed E-state index contributed by atoms with van der Waals surface area (Å²) in [4.78, 5) is 14.1. The SMILES string of the molecule is Cc1cc(N2CCOCC2)ccc1-c1c(C(=O)O)noc1-c1cc(C(C)C)c(O)cc1O. The molecule has 2 heterocycles. The maximum absolute atomic E-state index is 11.9. The first-order chi connectivity index (χ1) is 15.3. The van der Waals surface area contributed by atoms with Gasteiger partial charge in [-0.3, -0.25) is 0 Å². The minimum atomic E-state index is -1.23. The van der Waals surface area contributed by atoms with Crippen molar-refractivity contribution in [1.29, 1.82) is 0 Å². The second kappa shape index (κ2) is 8.55. The normalized spacial score (nSPS) is 14.2. The van der Waals surface area contributed by atoms with E-state index in [0.717, 1.165) is 24.3 Å². The number of hydrogen-bond acceptors (Lipinski definition) is 7. The number of ether oxygens (including phenoxy) is 1. The predicted molar refractivity (Wildman–Crippen MR) is 120 cm³/mol. The minimum Gasteiger partial charge on any atom is -0.508 e. The monoisotopic (exact) mass is 438 g/mol. The van der Waals surface area contributed by atoms with E-state index < -0.39 is 5.97 Å². The number of aromatic nitrogens is 1. The van der Waals surface area contributed by atoms with Crippen LogP contribution in [0.15, 0.2) is 34.9 Å². The van der Waals surface area contributed by atoms with Gasteiger partial charge >= 0.3 is 5.97 Å². The lowest BCUT2D eigenvalue weighted by atomic mass is 9.92. The molecule has 1 aliphatic heterocycles. The fourth-order valence-corrected chi connectivity index (χ4v) is 4.05. The van der Waals surface area contributed by atoms with Crippen LogP contribution in [0.1, 0.15) is 41.4 Å². The van der Waals surface area contributed by atoms with Gasteiger partial charge in [0.05, 0.1) is 24.3 Å². The molecule has 3 aromatic rings. The molecule has 1 aromatic heterocycles. The standard InChI is InChI=1S/C24H26N2O6/c1-13(2)17-11-18(20(28)12-19(17)27)23-21(22(24(29)30)25-32-23)16-5-4-15(10-14(16)3)26-6-8-31-9-7-26/h4-5,10-13,27-28H,6-9H2,1-3H3,(H,29,30). The zero-order chi connectivity index (χ0) is 23.0. The Labute approximate surface area is 185 Å². The smallest absolute Gasteiger partial charge is 0.358 e. The van der Waals surface area contributed by atoms with Crippen molar-refractivity contribution in [2.24, 2.45) is 0 Å². The molecule has 0 amide bonds. The molecule has 32 heavy (non-hydrogen) atoms. The third kappa shape index (κ3) is 3.89. The van der Waals surface area contributed by atoms with Gasteiger partial charge in [-0.05, 0) is 47.7 Å². The molecule has 0 unspecified atom stereocenters. The molecule has 2 aromatic carbocycles. The van der Waals surface area contributed by atoms with E-state index in [1.807, 2.05) is 39.0 Å². The molecule has 3 N–H and O–H groups in total. The third-order valence-electron chi connectivity index (χ3n) is 5.76. The number of anilines is 1. The number of carboxylic acids is 1. The first-order valence-corrected chi connectivity index (χ1v) is 10.5.